The zero-order chi connectivity index (χ0) is 20.9. The third kappa shape index (κ3) is 4.54. The molecule has 6 heteroatoms. The number of benzene rings is 2. The van der Waals surface area contributed by atoms with Crippen LogP contribution in [0.3, 0.4) is 0 Å². The van der Waals surface area contributed by atoms with Crippen molar-refractivity contribution in [2.45, 2.75) is 26.8 Å². The third-order valence-corrected chi connectivity index (χ3v) is 4.89. The molecule has 1 amide bonds. The number of carbonyl (C=O) groups is 1. The monoisotopic (exact) mass is 403 g/mol. The summed E-state index contributed by atoms with van der Waals surface area (Å²) in [5, 5.41) is 2.88. The van der Waals surface area contributed by atoms with Gasteiger partial charge in [0.05, 0.1) is 23.8 Å². The lowest BCUT2D eigenvalue weighted by Gasteiger charge is -2.12. The number of aromatic nitrogens is 2. The minimum atomic E-state index is -0.221. The van der Waals surface area contributed by atoms with E-state index in [9.17, 15) is 4.79 Å². The van der Waals surface area contributed by atoms with Crippen LogP contribution in [0.15, 0.2) is 65.3 Å². The minimum absolute atomic E-state index is 0.221. The molecule has 0 aliphatic heterocycles. The van der Waals surface area contributed by atoms with Crippen molar-refractivity contribution < 1.29 is 13.9 Å². The van der Waals surface area contributed by atoms with Crippen LogP contribution >= 0.6 is 0 Å². The van der Waals surface area contributed by atoms with Crippen molar-refractivity contribution >= 4 is 16.9 Å². The first-order valence-corrected chi connectivity index (χ1v) is 10.1. The van der Waals surface area contributed by atoms with Gasteiger partial charge in [-0.2, -0.15) is 0 Å². The SMILES string of the molecule is Cc1cc(C)cc(OCCn2c(CCNC(=O)c3ccco3)nc3ccccc32)c1. The summed E-state index contributed by atoms with van der Waals surface area (Å²) in [6.07, 6.45) is 2.11. The number of rotatable bonds is 8. The van der Waals surface area contributed by atoms with Crippen LogP contribution in [0, 0.1) is 13.8 Å². The predicted molar refractivity (Wildman–Crippen MR) is 116 cm³/mol. The van der Waals surface area contributed by atoms with Crippen LogP contribution in [-0.2, 0) is 13.0 Å². The number of aryl methyl sites for hydroxylation is 2. The molecule has 2 aromatic carbocycles. The van der Waals surface area contributed by atoms with Crippen molar-refractivity contribution in [3.63, 3.8) is 0 Å². The number of hydrogen-bond acceptors (Lipinski definition) is 4. The van der Waals surface area contributed by atoms with Gasteiger partial charge in [-0.05, 0) is 61.4 Å². The number of nitrogens with zero attached hydrogens (tertiary/aromatic N) is 2. The first-order chi connectivity index (χ1) is 14.6. The molecule has 2 aromatic heterocycles. The molecule has 0 aliphatic rings. The number of ether oxygens (including phenoxy) is 1. The van der Waals surface area contributed by atoms with Crippen LogP contribution in [0.2, 0.25) is 0 Å². The largest absolute Gasteiger partial charge is 0.492 e. The average molecular weight is 403 g/mol. The Balaban J connectivity index is 1.44. The second-order valence-corrected chi connectivity index (χ2v) is 7.32. The van der Waals surface area contributed by atoms with Crippen LogP contribution in [0.25, 0.3) is 11.0 Å². The van der Waals surface area contributed by atoms with E-state index >= 15 is 0 Å². The first-order valence-electron chi connectivity index (χ1n) is 10.1. The fourth-order valence-corrected chi connectivity index (χ4v) is 3.62. The summed E-state index contributed by atoms with van der Waals surface area (Å²) in [4.78, 5) is 16.8. The summed E-state index contributed by atoms with van der Waals surface area (Å²) in [5.74, 6) is 1.88. The molecule has 0 atom stereocenters. The number of furan rings is 1. The molecular formula is C24H25N3O3. The Morgan fingerprint density at radius 2 is 1.90 bits per heavy atom. The predicted octanol–water partition coefficient (Wildman–Crippen LogP) is 4.30. The molecule has 0 bridgehead atoms. The maximum atomic E-state index is 12.1. The number of amides is 1. The van der Waals surface area contributed by atoms with E-state index in [0.29, 0.717) is 31.9 Å². The Labute approximate surface area is 175 Å². The van der Waals surface area contributed by atoms with Gasteiger partial charge >= 0.3 is 0 Å². The molecule has 0 fully saturated rings. The van der Waals surface area contributed by atoms with E-state index in [1.54, 1.807) is 12.1 Å². The highest BCUT2D eigenvalue weighted by Gasteiger charge is 2.12. The van der Waals surface area contributed by atoms with Gasteiger partial charge < -0.3 is 19.0 Å². The smallest absolute Gasteiger partial charge is 0.286 e. The van der Waals surface area contributed by atoms with E-state index in [1.807, 2.05) is 30.3 Å². The van der Waals surface area contributed by atoms with Gasteiger partial charge in [-0.15, -0.1) is 0 Å². The van der Waals surface area contributed by atoms with Crippen LogP contribution in [-0.4, -0.2) is 28.6 Å². The molecule has 6 nitrogen and oxygen atoms in total. The van der Waals surface area contributed by atoms with Crippen molar-refractivity contribution in [2.75, 3.05) is 13.2 Å². The van der Waals surface area contributed by atoms with Crippen LogP contribution in [0.5, 0.6) is 5.75 Å². The highest BCUT2D eigenvalue weighted by molar-refractivity contribution is 5.91. The summed E-state index contributed by atoms with van der Waals surface area (Å²) >= 11 is 0. The number of para-hydroxylation sites is 2. The molecular weight excluding hydrogens is 378 g/mol. The lowest BCUT2D eigenvalue weighted by atomic mass is 10.1. The fourth-order valence-electron chi connectivity index (χ4n) is 3.62. The van der Waals surface area contributed by atoms with E-state index in [4.69, 9.17) is 14.1 Å². The number of hydrogen-bond donors (Lipinski definition) is 1. The van der Waals surface area contributed by atoms with E-state index in [2.05, 4.69) is 35.9 Å². The quantitative estimate of drug-likeness (QED) is 0.476. The van der Waals surface area contributed by atoms with Crippen molar-refractivity contribution in [1.82, 2.24) is 14.9 Å². The number of fused-ring (bicyclic) bond motifs is 1. The molecule has 4 aromatic rings. The van der Waals surface area contributed by atoms with E-state index in [-0.39, 0.29) is 5.91 Å². The van der Waals surface area contributed by atoms with Crippen LogP contribution in [0.4, 0.5) is 0 Å². The summed E-state index contributed by atoms with van der Waals surface area (Å²) in [6.45, 7) is 5.82. The summed E-state index contributed by atoms with van der Waals surface area (Å²) in [5.41, 5.74) is 4.38. The van der Waals surface area contributed by atoms with Crippen molar-refractivity contribution in [3.8, 4) is 5.75 Å². The van der Waals surface area contributed by atoms with E-state index in [0.717, 1.165) is 22.6 Å². The maximum Gasteiger partial charge on any atom is 0.286 e. The van der Waals surface area contributed by atoms with Gasteiger partial charge in [-0.1, -0.05) is 18.2 Å². The Morgan fingerprint density at radius 3 is 2.67 bits per heavy atom. The van der Waals surface area contributed by atoms with Gasteiger partial charge in [0.25, 0.3) is 5.91 Å². The normalized spacial score (nSPS) is 11.0. The highest BCUT2D eigenvalue weighted by Crippen LogP contribution is 2.19. The van der Waals surface area contributed by atoms with E-state index < -0.39 is 0 Å². The third-order valence-electron chi connectivity index (χ3n) is 4.89. The molecule has 0 unspecified atom stereocenters. The zero-order valence-corrected chi connectivity index (χ0v) is 17.2. The van der Waals surface area contributed by atoms with Crippen molar-refractivity contribution in [1.29, 1.82) is 0 Å². The number of carbonyl (C=O) groups excluding carboxylic acids is 1. The summed E-state index contributed by atoms with van der Waals surface area (Å²) in [7, 11) is 0. The molecule has 30 heavy (non-hydrogen) atoms. The second-order valence-electron chi connectivity index (χ2n) is 7.32. The Bertz CT molecular complexity index is 1130. The van der Waals surface area contributed by atoms with Gasteiger partial charge in [-0.3, -0.25) is 4.79 Å². The molecule has 0 saturated carbocycles. The Kier molecular flexibility index (Phi) is 5.84. The summed E-state index contributed by atoms with van der Waals surface area (Å²) in [6, 6.07) is 17.6. The molecule has 0 aliphatic carbocycles. The van der Waals surface area contributed by atoms with Gasteiger partial charge in [-0.25, -0.2) is 4.98 Å². The average Bonchev–Trinajstić information content (AvgIpc) is 3.36. The Hall–Kier alpha value is -3.54. The molecule has 154 valence electrons. The lowest BCUT2D eigenvalue weighted by molar-refractivity contribution is 0.0926. The second kappa shape index (κ2) is 8.86. The highest BCUT2D eigenvalue weighted by atomic mass is 16.5. The van der Waals surface area contributed by atoms with Crippen molar-refractivity contribution in [2.24, 2.45) is 0 Å². The van der Waals surface area contributed by atoms with Gasteiger partial charge in [0.1, 0.15) is 18.2 Å². The number of nitrogens with one attached hydrogen (secondary N) is 1. The van der Waals surface area contributed by atoms with Gasteiger partial charge in [0, 0.05) is 13.0 Å². The lowest BCUT2D eigenvalue weighted by Crippen LogP contribution is -2.26. The van der Waals surface area contributed by atoms with E-state index in [1.165, 1.54) is 17.4 Å². The minimum Gasteiger partial charge on any atom is -0.492 e. The molecule has 4 rings (SSSR count). The fraction of sp³-hybridized carbons (Fsp3) is 0.250. The Morgan fingerprint density at radius 1 is 1.10 bits per heavy atom. The standard InChI is InChI=1S/C24H25N3O3/c1-17-14-18(2)16-19(15-17)29-13-11-27-21-7-4-3-6-20(21)26-23(27)9-10-25-24(28)22-8-5-12-30-22/h3-8,12,14-16H,9-11,13H2,1-2H3,(H,25,28). The van der Waals surface area contributed by atoms with Gasteiger partial charge in [0.2, 0.25) is 0 Å². The molecule has 0 radical (unpaired) electrons. The number of imidazole rings is 1. The van der Waals surface area contributed by atoms with Crippen LogP contribution < -0.4 is 10.1 Å². The first kappa shape index (κ1) is 19.8. The molecule has 1 N–H and O–H groups in total. The molecule has 2 heterocycles. The zero-order valence-electron chi connectivity index (χ0n) is 17.2. The van der Waals surface area contributed by atoms with Gasteiger partial charge in [0.15, 0.2) is 5.76 Å². The van der Waals surface area contributed by atoms with Crippen LogP contribution in [0.1, 0.15) is 27.5 Å². The maximum absolute atomic E-state index is 12.1. The topological polar surface area (TPSA) is 69.3 Å². The molecule has 0 spiro atoms. The molecule has 0 saturated heterocycles. The van der Waals surface area contributed by atoms with Crippen molar-refractivity contribution in [3.05, 3.63) is 83.6 Å². The summed E-state index contributed by atoms with van der Waals surface area (Å²) < 4.78 is 13.3.